The summed E-state index contributed by atoms with van der Waals surface area (Å²) in [5.74, 6) is 0.593. The molecule has 2 aromatic heterocycles. The first-order valence-electron chi connectivity index (χ1n) is 9.09. The van der Waals surface area contributed by atoms with Crippen molar-refractivity contribution in [1.82, 2.24) is 10.1 Å². The molecule has 0 saturated heterocycles. The Morgan fingerprint density at radius 1 is 1.27 bits per heavy atom. The van der Waals surface area contributed by atoms with E-state index in [2.05, 4.69) is 11.2 Å². The number of nitrogens with zero attached hydrogens (tertiary/aromatic N) is 2. The van der Waals surface area contributed by atoms with Crippen LogP contribution in [0.1, 0.15) is 48.6 Å². The molecule has 0 atom stereocenters. The highest BCUT2D eigenvalue weighted by Gasteiger charge is 2.42. The molecule has 0 N–H and O–H groups in total. The van der Waals surface area contributed by atoms with Crippen LogP contribution < -0.4 is 0 Å². The third-order valence-electron chi connectivity index (χ3n) is 5.10. The van der Waals surface area contributed by atoms with Gasteiger partial charge in [0.05, 0.1) is 20.6 Å². The summed E-state index contributed by atoms with van der Waals surface area (Å²) in [6.07, 6.45) is 5.67. The Morgan fingerprint density at radius 2 is 2.08 bits per heavy atom. The second kappa shape index (κ2) is 7.19. The minimum absolute atomic E-state index is 0.128. The molecule has 4 rings (SSSR count). The minimum atomic E-state index is -0.467. The zero-order chi connectivity index (χ0) is 18.0. The molecule has 1 aliphatic carbocycles. The number of carbonyl (C=O) groups is 1. The maximum absolute atomic E-state index is 13.0. The van der Waals surface area contributed by atoms with Crippen LogP contribution in [0.15, 0.2) is 34.9 Å². The highest BCUT2D eigenvalue weighted by molar-refractivity contribution is 7.18. The van der Waals surface area contributed by atoms with Gasteiger partial charge in [-0.25, -0.2) is 4.98 Å². The minimum Gasteiger partial charge on any atom is -0.459 e. The summed E-state index contributed by atoms with van der Waals surface area (Å²) < 4.78 is 11.9. The molecule has 1 saturated carbocycles. The first kappa shape index (κ1) is 17.2. The molecule has 1 aliphatic rings. The molecular weight excluding hydrogens is 348 g/mol. The van der Waals surface area contributed by atoms with E-state index in [1.54, 1.807) is 17.4 Å². The first-order valence-corrected chi connectivity index (χ1v) is 9.90. The molecule has 136 valence electrons. The number of rotatable bonds is 5. The number of thiazole rings is 1. The van der Waals surface area contributed by atoms with Gasteiger partial charge < -0.3 is 9.26 Å². The van der Waals surface area contributed by atoms with Gasteiger partial charge in [-0.3, -0.25) is 4.79 Å². The average Bonchev–Trinajstić information content (AvgIpc) is 3.25. The quantitative estimate of drug-likeness (QED) is 0.602. The number of aryl methyl sites for hydroxylation is 1. The van der Waals surface area contributed by atoms with Gasteiger partial charge in [0.1, 0.15) is 18.1 Å². The van der Waals surface area contributed by atoms with Gasteiger partial charge in [0.15, 0.2) is 0 Å². The predicted octanol–water partition coefficient (Wildman–Crippen LogP) is 4.83. The number of carbonyl (C=O) groups excluding carboxylic acids is 1. The van der Waals surface area contributed by atoms with Crippen molar-refractivity contribution in [3.8, 4) is 0 Å². The lowest BCUT2D eigenvalue weighted by molar-refractivity contribution is -0.159. The van der Waals surface area contributed by atoms with Gasteiger partial charge in [-0.2, -0.15) is 0 Å². The molecule has 26 heavy (non-hydrogen) atoms. The van der Waals surface area contributed by atoms with Crippen molar-refractivity contribution in [1.29, 1.82) is 0 Å². The van der Waals surface area contributed by atoms with Gasteiger partial charge in [-0.1, -0.05) is 36.6 Å². The van der Waals surface area contributed by atoms with Crippen LogP contribution in [0.4, 0.5) is 0 Å². The standard InChI is InChI=1S/C20H22N2O3S/c1-14-11-15(22-25-14)13-24-19(23)20(9-5-2-6-10-20)12-18-21-16-7-3-4-8-17(16)26-18/h3-4,7-8,11H,2,5-6,9-10,12-13H2,1H3. The Labute approximate surface area is 156 Å². The molecule has 0 spiro atoms. The van der Waals surface area contributed by atoms with Crippen LogP contribution in [0, 0.1) is 12.3 Å². The van der Waals surface area contributed by atoms with Crippen LogP contribution in [0.25, 0.3) is 10.2 Å². The fourth-order valence-electron chi connectivity index (χ4n) is 3.75. The van der Waals surface area contributed by atoms with Gasteiger partial charge in [0.2, 0.25) is 0 Å². The Bertz CT molecular complexity index is 876. The Kier molecular flexibility index (Phi) is 4.76. The smallest absolute Gasteiger partial charge is 0.312 e. The maximum atomic E-state index is 13.0. The molecule has 0 radical (unpaired) electrons. The number of esters is 1. The molecule has 0 amide bonds. The van der Waals surface area contributed by atoms with E-state index in [-0.39, 0.29) is 12.6 Å². The molecule has 5 nitrogen and oxygen atoms in total. The summed E-state index contributed by atoms with van der Waals surface area (Å²) in [5.41, 5.74) is 1.19. The van der Waals surface area contributed by atoms with Crippen molar-refractivity contribution in [2.75, 3.05) is 0 Å². The van der Waals surface area contributed by atoms with E-state index >= 15 is 0 Å². The number of fused-ring (bicyclic) bond motifs is 1. The van der Waals surface area contributed by atoms with Crippen molar-refractivity contribution in [2.24, 2.45) is 5.41 Å². The monoisotopic (exact) mass is 370 g/mol. The van der Waals surface area contributed by atoms with Crippen LogP contribution in [0.2, 0.25) is 0 Å². The Hall–Kier alpha value is -2.21. The molecule has 0 unspecified atom stereocenters. The zero-order valence-electron chi connectivity index (χ0n) is 14.9. The summed E-state index contributed by atoms with van der Waals surface area (Å²) in [4.78, 5) is 17.8. The normalized spacial score (nSPS) is 16.7. The van der Waals surface area contributed by atoms with E-state index in [0.29, 0.717) is 12.1 Å². The SMILES string of the molecule is Cc1cc(COC(=O)C2(Cc3nc4ccccc4s3)CCCCC2)no1. The lowest BCUT2D eigenvalue weighted by Gasteiger charge is -2.34. The Morgan fingerprint density at radius 3 is 2.81 bits per heavy atom. The van der Waals surface area contributed by atoms with Crippen LogP contribution in [0.3, 0.4) is 0 Å². The van der Waals surface area contributed by atoms with Gasteiger partial charge in [-0.05, 0) is 31.9 Å². The fourth-order valence-corrected chi connectivity index (χ4v) is 4.86. The van der Waals surface area contributed by atoms with Crippen LogP contribution >= 0.6 is 11.3 Å². The average molecular weight is 370 g/mol. The first-order chi connectivity index (χ1) is 12.6. The molecule has 2 heterocycles. The third kappa shape index (κ3) is 3.51. The van der Waals surface area contributed by atoms with Crippen molar-refractivity contribution >= 4 is 27.5 Å². The van der Waals surface area contributed by atoms with Gasteiger partial charge in [-0.15, -0.1) is 11.3 Å². The van der Waals surface area contributed by atoms with Crippen molar-refractivity contribution < 1.29 is 14.1 Å². The van der Waals surface area contributed by atoms with E-state index in [4.69, 9.17) is 14.2 Å². The topological polar surface area (TPSA) is 65.2 Å². The zero-order valence-corrected chi connectivity index (χ0v) is 15.7. The Balaban J connectivity index is 1.53. The fraction of sp³-hybridized carbons (Fsp3) is 0.450. The van der Waals surface area contributed by atoms with Crippen molar-refractivity contribution in [2.45, 2.75) is 52.1 Å². The second-order valence-electron chi connectivity index (χ2n) is 7.10. The number of hydrogen-bond donors (Lipinski definition) is 0. The van der Waals surface area contributed by atoms with Gasteiger partial charge in [0, 0.05) is 12.5 Å². The van der Waals surface area contributed by atoms with Crippen LogP contribution in [0.5, 0.6) is 0 Å². The molecule has 0 aliphatic heterocycles. The number of para-hydroxylation sites is 1. The number of ether oxygens (including phenoxy) is 1. The van der Waals surface area contributed by atoms with Crippen molar-refractivity contribution in [3.05, 3.63) is 46.8 Å². The largest absolute Gasteiger partial charge is 0.459 e. The van der Waals surface area contributed by atoms with E-state index in [1.165, 1.54) is 11.1 Å². The van der Waals surface area contributed by atoms with Crippen molar-refractivity contribution in [3.63, 3.8) is 0 Å². The summed E-state index contributed by atoms with van der Waals surface area (Å²) >= 11 is 1.68. The molecule has 1 aromatic carbocycles. The molecule has 3 aromatic rings. The third-order valence-corrected chi connectivity index (χ3v) is 6.14. The predicted molar refractivity (Wildman–Crippen MR) is 99.9 cm³/mol. The second-order valence-corrected chi connectivity index (χ2v) is 8.21. The summed E-state index contributed by atoms with van der Waals surface area (Å²) in [6.45, 7) is 1.99. The summed E-state index contributed by atoms with van der Waals surface area (Å²) in [6, 6.07) is 9.92. The maximum Gasteiger partial charge on any atom is 0.312 e. The lowest BCUT2D eigenvalue weighted by atomic mass is 9.72. The number of aromatic nitrogens is 2. The summed E-state index contributed by atoms with van der Waals surface area (Å²) in [7, 11) is 0. The molecular formula is C20H22N2O3S. The lowest BCUT2D eigenvalue weighted by Crippen LogP contribution is -2.37. The molecule has 1 fully saturated rings. The molecule has 6 heteroatoms. The van der Waals surface area contributed by atoms with E-state index in [9.17, 15) is 4.79 Å². The van der Waals surface area contributed by atoms with Gasteiger partial charge in [0.25, 0.3) is 0 Å². The van der Waals surface area contributed by atoms with E-state index in [1.807, 2.05) is 25.1 Å². The highest BCUT2D eigenvalue weighted by atomic mass is 32.1. The van der Waals surface area contributed by atoms with Crippen LogP contribution in [-0.2, 0) is 22.6 Å². The van der Waals surface area contributed by atoms with Gasteiger partial charge >= 0.3 is 5.97 Å². The van der Waals surface area contributed by atoms with E-state index in [0.717, 1.165) is 42.0 Å². The number of benzene rings is 1. The van der Waals surface area contributed by atoms with Crippen LogP contribution in [-0.4, -0.2) is 16.1 Å². The number of hydrogen-bond acceptors (Lipinski definition) is 6. The van der Waals surface area contributed by atoms with E-state index < -0.39 is 5.41 Å². The summed E-state index contributed by atoms with van der Waals surface area (Å²) in [5, 5.41) is 4.92. The molecule has 0 bridgehead atoms. The highest BCUT2D eigenvalue weighted by Crippen LogP contribution is 2.41.